The number of carbonyl (C=O) groups excluding carboxylic acids is 1. The summed E-state index contributed by atoms with van der Waals surface area (Å²) in [4.78, 5) is 17.3. The van der Waals surface area contributed by atoms with E-state index < -0.39 is 11.0 Å². The van der Waals surface area contributed by atoms with Crippen LogP contribution in [0.5, 0.6) is 0 Å². The number of nitrogens with zero attached hydrogens (tertiary/aromatic N) is 2. The van der Waals surface area contributed by atoms with Crippen molar-refractivity contribution < 1.29 is 9.90 Å². The molecule has 1 saturated heterocycles. The molecule has 2 aromatic rings. The average molecular weight is 328 g/mol. The van der Waals surface area contributed by atoms with Crippen molar-refractivity contribution in [1.82, 2.24) is 20.2 Å². The van der Waals surface area contributed by atoms with E-state index in [-0.39, 0.29) is 5.91 Å². The van der Waals surface area contributed by atoms with Crippen LogP contribution in [0.1, 0.15) is 25.1 Å². The zero-order chi connectivity index (χ0) is 16.8. The summed E-state index contributed by atoms with van der Waals surface area (Å²) in [5.74, 6) is 0.949. The Morgan fingerprint density at radius 2 is 2.12 bits per heavy atom. The molecule has 2 aliphatic rings. The molecule has 6 nitrogen and oxygen atoms in total. The predicted octanol–water partition coefficient (Wildman–Crippen LogP) is 0.966. The Balaban J connectivity index is 1.43. The fraction of sp³-hybridized carbons (Fsp3) is 0.556. The van der Waals surface area contributed by atoms with Gasteiger partial charge in [0.2, 0.25) is 5.91 Å². The largest absolute Gasteiger partial charge is 0.386 e. The number of β-amino-alcohol motifs (C(OH)–C–C–N with tert-alkyl or cyclic N) is 1. The lowest BCUT2D eigenvalue weighted by Crippen LogP contribution is -2.74. The molecule has 2 heterocycles. The van der Waals surface area contributed by atoms with Crippen molar-refractivity contribution in [2.24, 2.45) is 5.41 Å². The maximum atomic E-state index is 12.7. The smallest absolute Gasteiger partial charge is 0.229 e. The number of hydrogen-bond donors (Lipinski definition) is 3. The standard InChI is InChI=1S/C18H24N4O2/c1-13-21-14-5-2-3-6-15(14)22(13)10-9-20-16(23)17(7-4-8-17)18(24)11-19-12-18/h2-3,5-6,19,24H,4,7-12H2,1H3,(H,20,23). The van der Waals surface area contributed by atoms with E-state index in [1.54, 1.807) is 0 Å². The van der Waals surface area contributed by atoms with Crippen LogP contribution < -0.4 is 10.6 Å². The van der Waals surface area contributed by atoms with Crippen LogP contribution in [0.4, 0.5) is 0 Å². The molecular weight excluding hydrogens is 304 g/mol. The molecule has 1 aliphatic heterocycles. The van der Waals surface area contributed by atoms with Crippen LogP contribution in [0.2, 0.25) is 0 Å². The molecule has 0 radical (unpaired) electrons. The Morgan fingerprint density at radius 1 is 1.38 bits per heavy atom. The highest BCUT2D eigenvalue weighted by atomic mass is 16.3. The molecule has 2 fully saturated rings. The molecule has 6 heteroatoms. The zero-order valence-corrected chi connectivity index (χ0v) is 14.0. The molecule has 0 spiro atoms. The molecule has 4 rings (SSSR count). The summed E-state index contributed by atoms with van der Waals surface area (Å²) < 4.78 is 2.13. The third-order valence-corrected chi connectivity index (χ3v) is 5.83. The van der Waals surface area contributed by atoms with Crippen molar-refractivity contribution in [2.45, 2.75) is 38.3 Å². The minimum Gasteiger partial charge on any atom is -0.386 e. The highest BCUT2D eigenvalue weighted by molar-refractivity contribution is 5.85. The second-order valence-electron chi connectivity index (χ2n) is 7.13. The van der Waals surface area contributed by atoms with Gasteiger partial charge < -0.3 is 20.3 Å². The number of aliphatic hydroxyl groups is 1. The number of hydrogen-bond acceptors (Lipinski definition) is 4. The lowest BCUT2D eigenvalue weighted by molar-refractivity contribution is -0.178. The summed E-state index contributed by atoms with van der Waals surface area (Å²) in [6.07, 6.45) is 2.58. The van der Waals surface area contributed by atoms with Gasteiger partial charge in [-0.3, -0.25) is 4.79 Å². The number of para-hydroxylation sites is 2. The molecule has 0 atom stereocenters. The van der Waals surface area contributed by atoms with Gasteiger partial charge >= 0.3 is 0 Å². The Morgan fingerprint density at radius 3 is 2.75 bits per heavy atom. The van der Waals surface area contributed by atoms with Crippen molar-refractivity contribution in [1.29, 1.82) is 0 Å². The molecule has 3 N–H and O–H groups in total. The molecule has 0 bridgehead atoms. The van der Waals surface area contributed by atoms with Crippen LogP contribution in [0, 0.1) is 12.3 Å². The topological polar surface area (TPSA) is 79.2 Å². The third kappa shape index (κ3) is 2.17. The number of carbonyl (C=O) groups is 1. The maximum absolute atomic E-state index is 12.7. The lowest BCUT2D eigenvalue weighted by atomic mass is 9.56. The van der Waals surface area contributed by atoms with Crippen molar-refractivity contribution in [3.05, 3.63) is 30.1 Å². The number of aryl methyl sites for hydroxylation is 1. The number of rotatable bonds is 5. The summed E-state index contributed by atoms with van der Waals surface area (Å²) in [6, 6.07) is 8.03. The number of nitrogens with one attached hydrogen (secondary N) is 2. The number of imidazole rings is 1. The van der Waals surface area contributed by atoms with Crippen molar-refractivity contribution in [3.8, 4) is 0 Å². The quantitative estimate of drug-likeness (QED) is 0.764. The number of aromatic nitrogens is 2. The molecule has 1 saturated carbocycles. The first-order chi connectivity index (χ1) is 11.6. The summed E-state index contributed by atoms with van der Waals surface area (Å²) >= 11 is 0. The average Bonchev–Trinajstić information content (AvgIpc) is 2.80. The van der Waals surface area contributed by atoms with Gasteiger partial charge in [-0.25, -0.2) is 4.98 Å². The van der Waals surface area contributed by atoms with Gasteiger partial charge in [-0.15, -0.1) is 0 Å². The number of amides is 1. The van der Waals surface area contributed by atoms with Crippen LogP contribution in [0.25, 0.3) is 11.0 Å². The Kier molecular flexibility index (Phi) is 3.62. The maximum Gasteiger partial charge on any atom is 0.229 e. The van der Waals surface area contributed by atoms with Crippen molar-refractivity contribution >= 4 is 16.9 Å². The van der Waals surface area contributed by atoms with Gasteiger partial charge in [-0.05, 0) is 31.9 Å². The zero-order valence-electron chi connectivity index (χ0n) is 14.0. The minimum atomic E-state index is -0.868. The second kappa shape index (κ2) is 5.57. The first kappa shape index (κ1) is 15.6. The van der Waals surface area contributed by atoms with Gasteiger partial charge in [0.05, 0.1) is 16.4 Å². The fourth-order valence-corrected chi connectivity index (χ4v) is 4.06. The van der Waals surface area contributed by atoms with E-state index in [9.17, 15) is 9.90 Å². The molecule has 1 aromatic heterocycles. The van der Waals surface area contributed by atoms with E-state index in [1.807, 2.05) is 31.2 Å². The van der Waals surface area contributed by atoms with Crippen molar-refractivity contribution in [2.75, 3.05) is 19.6 Å². The van der Waals surface area contributed by atoms with E-state index in [2.05, 4.69) is 20.2 Å². The molecule has 1 aromatic carbocycles. The monoisotopic (exact) mass is 328 g/mol. The number of benzene rings is 1. The Hall–Kier alpha value is -1.92. The summed E-state index contributed by atoms with van der Waals surface area (Å²) in [7, 11) is 0. The van der Waals surface area contributed by atoms with Gasteiger partial charge in [0, 0.05) is 26.2 Å². The van der Waals surface area contributed by atoms with E-state index in [0.29, 0.717) is 26.2 Å². The Bertz CT molecular complexity index is 774. The van der Waals surface area contributed by atoms with Gasteiger partial charge in [0.25, 0.3) is 0 Å². The summed E-state index contributed by atoms with van der Waals surface area (Å²) in [5, 5.41) is 16.8. The Labute approximate surface area is 141 Å². The van der Waals surface area contributed by atoms with Gasteiger partial charge in [-0.2, -0.15) is 0 Å². The van der Waals surface area contributed by atoms with Gasteiger partial charge in [-0.1, -0.05) is 18.6 Å². The fourth-order valence-electron chi connectivity index (χ4n) is 4.06. The summed E-state index contributed by atoms with van der Waals surface area (Å²) in [5.41, 5.74) is 0.605. The summed E-state index contributed by atoms with van der Waals surface area (Å²) in [6.45, 7) is 4.26. The van der Waals surface area contributed by atoms with E-state index >= 15 is 0 Å². The first-order valence-electron chi connectivity index (χ1n) is 8.69. The second-order valence-corrected chi connectivity index (χ2v) is 7.13. The molecule has 24 heavy (non-hydrogen) atoms. The van der Waals surface area contributed by atoms with Crippen LogP contribution in [-0.2, 0) is 11.3 Å². The van der Waals surface area contributed by atoms with Gasteiger partial charge in [0.1, 0.15) is 11.4 Å². The van der Waals surface area contributed by atoms with Crippen molar-refractivity contribution in [3.63, 3.8) is 0 Å². The van der Waals surface area contributed by atoms with E-state index in [0.717, 1.165) is 36.1 Å². The van der Waals surface area contributed by atoms with Crippen LogP contribution in [-0.4, -0.2) is 45.8 Å². The first-order valence-corrected chi connectivity index (χ1v) is 8.69. The predicted molar refractivity (Wildman–Crippen MR) is 91.6 cm³/mol. The normalized spacial score (nSPS) is 21.1. The lowest BCUT2D eigenvalue weighted by Gasteiger charge is -2.56. The molecule has 1 aliphatic carbocycles. The van der Waals surface area contributed by atoms with Crippen LogP contribution in [0.15, 0.2) is 24.3 Å². The highest BCUT2D eigenvalue weighted by Crippen LogP contribution is 2.51. The molecule has 128 valence electrons. The third-order valence-electron chi connectivity index (χ3n) is 5.83. The molecule has 0 unspecified atom stereocenters. The van der Waals surface area contributed by atoms with E-state index in [1.165, 1.54) is 0 Å². The van der Waals surface area contributed by atoms with Crippen LogP contribution >= 0.6 is 0 Å². The highest BCUT2D eigenvalue weighted by Gasteiger charge is 2.61. The molecular formula is C18H24N4O2. The number of fused-ring (bicyclic) bond motifs is 1. The van der Waals surface area contributed by atoms with Crippen LogP contribution in [0.3, 0.4) is 0 Å². The minimum absolute atomic E-state index is 0.000163. The molecule has 1 amide bonds. The SMILES string of the molecule is Cc1nc2ccccc2n1CCNC(=O)C1(C2(O)CNC2)CCC1. The van der Waals surface area contributed by atoms with Gasteiger partial charge in [0.15, 0.2) is 0 Å². The van der Waals surface area contributed by atoms with E-state index in [4.69, 9.17) is 0 Å².